The van der Waals surface area contributed by atoms with Gasteiger partial charge >= 0.3 is 0 Å². The summed E-state index contributed by atoms with van der Waals surface area (Å²) in [4.78, 5) is 16.6. The minimum atomic E-state index is -1.01. The Morgan fingerprint density at radius 2 is 2.11 bits per heavy atom. The maximum Gasteiger partial charge on any atom is 0.272 e. The molecule has 4 rings (SSSR count). The Labute approximate surface area is 153 Å². The third-order valence-electron chi connectivity index (χ3n) is 4.42. The average molecular weight is 370 g/mol. The van der Waals surface area contributed by atoms with Gasteiger partial charge in [0.15, 0.2) is 17.3 Å². The second-order valence-electron chi connectivity index (χ2n) is 6.21. The molecule has 0 bridgehead atoms. The standard InChI is InChI=1S/C19H16F2N4O2/c20-14-7-6-12(9-15(14)21)27-19-11(3-2-8-22-19)10-23-18(26)17-13-4-1-5-16(13)24-25-17/h2-3,6-9H,1,4-5,10H2,(H,23,26)(H,24,25). The van der Waals surface area contributed by atoms with Crippen LogP contribution >= 0.6 is 0 Å². The summed E-state index contributed by atoms with van der Waals surface area (Å²) >= 11 is 0. The molecule has 138 valence electrons. The van der Waals surface area contributed by atoms with Crippen LogP contribution in [-0.4, -0.2) is 21.1 Å². The van der Waals surface area contributed by atoms with Gasteiger partial charge in [0.25, 0.3) is 5.91 Å². The van der Waals surface area contributed by atoms with Crippen molar-refractivity contribution in [1.29, 1.82) is 0 Å². The van der Waals surface area contributed by atoms with E-state index in [-0.39, 0.29) is 24.1 Å². The zero-order chi connectivity index (χ0) is 18.8. The lowest BCUT2D eigenvalue weighted by atomic mass is 10.2. The lowest BCUT2D eigenvalue weighted by Crippen LogP contribution is -2.24. The number of carbonyl (C=O) groups is 1. The number of aryl methyl sites for hydroxylation is 1. The molecule has 0 spiro atoms. The van der Waals surface area contributed by atoms with E-state index in [0.29, 0.717) is 11.3 Å². The van der Waals surface area contributed by atoms with E-state index in [2.05, 4.69) is 20.5 Å². The van der Waals surface area contributed by atoms with Crippen molar-refractivity contribution in [3.63, 3.8) is 0 Å². The Kier molecular flexibility index (Phi) is 4.53. The molecule has 1 aromatic carbocycles. The molecule has 1 aliphatic carbocycles. The first-order valence-corrected chi connectivity index (χ1v) is 8.53. The van der Waals surface area contributed by atoms with Crippen LogP contribution in [0.15, 0.2) is 36.5 Å². The molecule has 0 aliphatic heterocycles. The number of amides is 1. The number of aromatic amines is 1. The first kappa shape index (κ1) is 17.1. The van der Waals surface area contributed by atoms with Gasteiger partial charge in [-0.2, -0.15) is 5.10 Å². The van der Waals surface area contributed by atoms with Crippen molar-refractivity contribution >= 4 is 5.91 Å². The van der Waals surface area contributed by atoms with Gasteiger partial charge in [0, 0.05) is 35.6 Å². The average Bonchev–Trinajstić information content (AvgIpc) is 3.27. The molecule has 2 aromatic heterocycles. The van der Waals surface area contributed by atoms with E-state index in [0.717, 1.165) is 42.7 Å². The first-order valence-electron chi connectivity index (χ1n) is 8.53. The van der Waals surface area contributed by atoms with Crippen molar-refractivity contribution in [2.24, 2.45) is 0 Å². The molecule has 0 atom stereocenters. The minimum Gasteiger partial charge on any atom is -0.439 e. The highest BCUT2D eigenvalue weighted by molar-refractivity contribution is 5.94. The topological polar surface area (TPSA) is 79.9 Å². The number of H-pyrrole nitrogens is 1. The molecule has 0 radical (unpaired) electrons. The van der Waals surface area contributed by atoms with Crippen LogP contribution in [0.4, 0.5) is 8.78 Å². The number of hydrogen-bond donors (Lipinski definition) is 2. The van der Waals surface area contributed by atoms with E-state index >= 15 is 0 Å². The van der Waals surface area contributed by atoms with Gasteiger partial charge in [-0.05, 0) is 37.5 Å². The SMILES string of the molecule is O=C(NCc1cccnc1Oc1ccc(F)c(F)c1)c1n[nH]c2c1CCC2. The number of aromatic nitrogens is 3. The molecule has 2 heterocycles. The van der Waals surface area contributed by atoms with Crippen LogP contribution in [0, 0.1) is 11.6 Å². The summed E-state index contributed by atoms with van der Waals surface area (Å²) in [5.74, 6) is -1.92. The van der Waals surface area contributed by atoms with Gasteiger partial charge in [-0.15, -0.1) is 0 Å². The van der Waals surface area contributed by atoms with Crippen LogP contribution < -0.4 is 10.1 Å². The molecule has 27 heavy (non-hydrogen) atoms. The number of carbonyl (C=O) groups excluding carboxylic acids is 1. The van der Waals surface area contributed by atoms with E-state index in [1.165, 1.54) is 12.3 Å². The molecule has 8 heteroatoms. The lowest BCUT2D eigenvalue weighted by Gasteiger charge is -2.11. The summed E-state index contributed by atoms with van der Waals surface area (Å²) in [5, 5.41) is 9.80. The van der Waals surface area contributed by atoms with Crippen molar-refractivity contribution in [1.82, 2.24) is 20.5 Å². The Bertz CT molecular complexity index is 1000. The molecule has 0 saturated carbocycles. The Morgan fingerprint density at radius 3 is 2.96 bits per heavy atom. The molecule has 6 nitrogen and oxygen atoms in total. The maximum absolute atomic E-state index is 13.4. The number of nitrogens with one attached hydrogen (secondary N) is 2. The quantitative estimate of drug-likeness (QED) is 0.722. The van der Waals surface area contributed by atoms with Gasteiger partial charge in [-0.3, -0.25) is 9.89 Å². The van der Waals surface area contributed by atoms with Crippen molar-refractivity contribution in [2.75, 3.05) is 0 Å². The number of rotatable bonds is 5. The minimum absolute atomic E-state index is 0.116. The summed E-state index contributed by atoms with van der Waals surface area (Å²) in [6.45, 7) is 0.160. The van der Waals surface area contributed by atoms with E-state index in [1.54, 1.807) is 12.1 Å². The van der Waals surface area contributed by atoms with Crippen LogP contribution in [0.3, 0.4) is 0 Å². The summed E-state index contributed by atoms with van der Waals surface area (Å²) in [6, 6.07) is 6.67. The molecule has 0 fully saturated rings. The molecule has 1 aliphatic rings. The van der Waals surface area contributed by atoms with Crippen LogP contribution in [0.25, 0.3) is 0 Å². The number of halogens is 2. The van der Waals surface area contributed by atoms with E-state index in [1.807, 2.05) is 0 Å². The first-order chi connectivity index (χ1) is 13.1. The molecular formula is C19H16F2N4O2. The van der Waals surface area contributed by atoms with E-state index in [9.17, 15) is 13.6 Å². The smallest absolute Gasteiger partial charge is 0.272 e. The van der Waals surface area contributed by atoms with Crippen molar-refractivity contribution in [2.45, 2.75) is 25.8 Å². The van der Waals surface area contributed by atoms with Crippen molar-refractivity contribution in [3.8, 4) is 11.6 Å². The third-order valence-corrected chi connectivity index (χ3v) is 4.42. The van der Waals surface area contributed by atoms with Crippen LogP contribution in [-0.2, 0) is 19.4 Å². The lowest BCUT2D eigenvalue weighted by molar-refractivity contribution is 0.0945. The maximum atomic E-state index is 13.4. The zero-order valence-electron chi connectivity index (χ0n) is 14.3. The van der Waals surface area contributed by atoms with Gasteiger partial charge in [-0.1, -0.05) is 6.07 Å². The number of fused-ring (bicyclic) bond motifs is 1. The normalized spacial score (nSPS) is 12.7. The summed E-state index contributed by atoms with van der Waals surface area (Å²) in [6.07, 6.45) is 4.27. The van der Waals surface area contributed by atoms with Gasteiger partial charge in [0.1, 0.15) is 5.75 Å². The predicted molar refractivity (Wildman–Crippen MR) is 92.5 cm³/mol. The molecule has 2 N–H and O–H groups in total. The largest absolute Gasteiger partial charge is 0.439 e. The second-order valence-corrected chi connectivity index (χ2v) is 6.21. The van der Waals surface area contributed by atoms with Crippen molar-refractivity contribution in [3.05, 3.63) is 70.7 Å². The fourth-order valence-electron chi connectivity index (χ4n) is 3.07. The predicted octanol–water partition coefficient (Wildman–Crippen LogP) is 3.29. The summed E-state index contributed by atoms with van der Waals surface area (Å²) in [5.41, 5.74) is 3.00. The fraction of sp³-hybridized carbons (Fsp3) is 0.211. The Hall–Kier alpha value is -3.29. The molecule has 0 unspecified atom stereocenters. The highest BCUT2D eigenvalue weighted by Crippen LogP contribution is 2.25. The Morgan fingerprint density at radius 1 is 1.22 bits per heavy atom. The molecular weight excluding hydrogens is 354 g/mol. The number of hydrogen-bond acceptors (Lipinski definition) is 4. The highest BCUT2D eigenvalue weighted by Gasteiger charge is 2.23. The van der Waals surface area contributed by atoms with E-state index in [4.69, 9.17) is 4.74 Å². The number of benzene rings is 1. The monoisotopic (exact) mass is 370 g/mol. The van der Waals surface area contributed by atoms with Crippen LogP contribution in [0.5, 0.6) is 11.6 Å². The van der Waals surface area contributed by atoms with E-state index < -0.39 is 11.6 Å². The molecule has 1 amide bonds. The second kappa shape index (κ2) is 7.14. The van der Waals surface area contributed by atoms with Crippen LogP contribution in [0.2, 0.25) is 0 Å². The number of nitrogens with zero attached hydrogens (tertiary/aromatic N) is 2. The molecule has 0 saturated heterocycles. The number of ether oxygens (including phenoxy) is 1. The van der Waals surface area contributed by atoms with Crippen molar-refractivity contribution < 1.29 is 18.3 Å². The third kappa shape index (κ3) is 3.51. The Balaban J connectivity index is 1.48. The van der Waals surface area contributed by atoms with Gasteiger partial charge in [0.2, 0.25) is 5.88 Å². The summed E-state index contributed by atoms with van der Waals surface area (Å²) in [7, 11) is 0. The van der Waals surface area contributed by atoms with Crippen LogP contribution in [0.1, 0.15) is 33.7 Å². The van der Waals surface area contributed by atoms with Gasteiger partial charge in [0.05, 0.1) is 0 Å². The zero-order valence-corrected chi connectivity index (χ0v) is 14.3. The van der Waals surface area contributed by atoms with Gasteiger partial charge < -0.3 is 10.1 Å². The molecule has 3 aromatic rings. The fourth-order valence-corrected chi connectivity index (χ4v) is 3.07. The highest BCUT2D eigenvalue weighted by atomic mass is 19.2. The van der Waals surface area contributed by atoms with Gasteiger partial charge in [-0.25, -0.2) is 13.8 Å². The summed E-state index contributed by atoms with van der Waals surface area (Å²) < 4.78 is 32.0. The number of pyridine rings is 1.